The van der Waals surface area contributed by atoms with Gasteiger partial charge >= 0.3 is 0 Å². The average Bonchev–Trinajstić information content (AvgIpc) is 2.48. The number of carbonyl (C=O) groups excluding carboxylic acids is 1. The summed E-state index contributed by atoms with van der Waals surface area (Å²) in [5.74, 6) is 0.398. The number of nitrogens with one attached hydrogen (secondary N) is 2. The van der Waals surface area contributed by atoms with E-state index < -0.39 is 0 Å². The lowest BCUT2D eigenvalue weighted by molar-refractivity contribution is -0.111. The van der Waals surface area contributed by atoms with E-state index in [-0.39, 0.29) is 5.91 Å². The van der Waals surface area contributed by atoms with E-state index in [1.165, 1.54) is 6.08 Å². The number of aryl methyl sites for hydroxylation is 2. The number of rotatable bonds is 5. The summed E-state index contributed by atoms with van der Waals surface area (Å²) in [5.41, 5.74) is 3.41. The van der Waals surface area contributed by atoms with E-state index in [9.17, 15) is 4.79 Å². The van der Waals surface area contributed by atoms with Crippen LogP contribution in [0.25, 0.3) is 0 Å². The highest BCUT2D eigenvalue weighted by Crippen LogP contribution is 2.17. The molecule has 0 atom stereocenters. The second-order valence-corrected chi connectivity index (χ2v) is 5.05. The summed E-state index contributed by atoms with van der Waals surface area (Å²) in [4.78, 5) is 20.3. The fourth-order valence-electron chi connectivity index (χ4n) is 1.99. The first kappa shape index (κ1) is 16.4. The van der Waals surface area contributed by atoms with Gasteiger partial charge in [0.05, 0.1) is 0 Å². The minimum Gasteiger partial charge on any atom is -0.324 e. The van der Waals surface area contributed by atoms with Gasteiger partial charge < -0.3 is 10.6 Å². The largest absolute Gasteiger partial charge is 0.324 e. The van der Waals surface area contributed by atoms with Crippen LogP contribution in [0.15, 0.2) is 54.6 Å². The van der Waals surface area contributed by atoms with Crippen LogP contribution < -0.4 is 10.6 Å². The fraction of sp³-hybridized carbons (Fsp3) is 0.167. The Labute approximate surface area is 136 Å². The Kier molecular flexibility index (Phi) is 5.63. The van der Waals surface area contributed by atoms with E-state index in [0.29, 0.717) is 5.95 Å². The summed E-state index contributed by atoms with van der Waals surface area (Å²) in [5, 5.41) is 5.94. The zero-order valence-corrected chi connectivity index (χ0v) is 13.5. The van der Waals surface area contributed by atoms with Crippen molar-refractivity contribution >= 4 is 23.2 Å². The molecule has 2 N–H and O–H groups in total. The number of carbonyl (C=O) groups is 1. The third-order valence-corrected chi connectivity index (χ3v) is 2.94. The molecule has 0 aliphatic heterocycles. The highest BCUT2D eigenvalue weighted by Gasteiger charge is 2.01. The molecule has 5 nitrogen and oxygen atoms in total. The van der Waals surface area contributed by atoms with Crippen molar-refractivity contribution < 1.29 is 4.79 Å². The molecular formula is C18H20N4O. The summed E-state index contributed by atoms with van der Waals surface area (Å²) in [7, 11) is 0. The van der Waals surface area contributed by atoms with Gasteiger partial charge in [0.15, 0.2) is 0 Å². The van der Waals surface area contributed by atoms with Crippen molar-refractivity contribution in [2.75, 3.05) is 10.6 Å². The number of allylic oxidation sites excluding steroid dienone is 3. The number of amides is 1. The van der Waals surface area contributed by atoms with Crippen molar-refractivity contribution in [1.29, 1.82) is 0 Å². The second kappa shape index (κ2) is 7.89. The van der Waals surface area contributed by atoms with Gasteiger partial charge in [-0.15, -0.1) is 0 Å². The maximum absolute atomic E-state index is 11.7. The van der Waals surface area contributed by atoms with Gasteiger partial charge in [0.25, 0.3) is 0 Å². The maximum Gasteiger partial charge on any atom is 0.248 e. The first-order chi connectivity index (χ1) is 11.1. The average molecular weight is 308 g/mol. The highest BCUT2D eigenvalue weighted by molar-refractivity contribution is 5.99. The Morgan fingerprint density at radius 2 is 1.61 bits per heavy atom. The van der Waals surface area contributed by atoms with E-state index >= 15 is 0 Å². The van der Waals surface area contributed by atoms with E-state index in [2.05, 4.69) is 20.6 Å². The molecule has 118 valence electrons. The van der Waals surface area contributed by atoms with Crippen molar-refractivity contribution in [1.82, 2.24) is 9.97 Å². The second-order valence-electron chi connectivity index (χ2n) is 5.05. The van der Waals surface area contributed by atoms with Gasteiger partial charge in [-0.3, -0.25) is 4.79 Å². The topological polar surface area (TPSA) is 66.9 Å². The molecular weight excluding hydrogens is 288 g/mol. The molecule has 2 rings (SSSR count). The van der Waals surface area contributed by atoms with Crippen molar-refractivity contribution in [3.63, 3.8) is 0 Å². The van der Waals surface area contributed by atoms with Crippen LogP contribution in [0, 0.1) is 13.8 Å². The Bertz CT molecular complexity index is 713. The standard InChI is InChI=1S/C18H20N4O/c1-4-5-6-7-17(23)21-15-8-10-16(11-9-15)22-18-19-13(2)12-14(3)20-18/h4-12H,1-3H3,(H,21,23)(H,19,20,22)/b5-4+,7-6+. The molecule has 0 unspecified atom stereocenters. The normalized spacial score (nSPS) is 11.1. The van der Waals surface area contributed by atoms with Gasteiger partial charge in [-0.1, -0.05) is 18.2 Å². The van der Waals surface area contributed by atoms with Gasteiger partial charge in [0, 0.05) is 28.8 Å². The zero-order chi connectivity index (χ0) is 16.7. The molecule has 0 saturated carbocycles. The van der Waals surface area contributed by atoms with Crippen molar-refractivity contribution in [2.45, 2.75) is 20.8 Å². The lowest BCUT2D eigenvalue weighted by Crippen LogP contribution is -2.07. The first-order valence-electron chi connectivity index (χ1n) is 7.36. The molecule has 1 aromatic carbocycles. The minimum atomic E-state index is -0.165. The van der Waals surface area contributed by atoms with Crippen LogP contribution in [0.5, 0.6) is 0 Å². The molecule has 1 amide bonds. The monoisotopic (exact) mass is 308 g/mol. The van der Waals surface area contributed by atoms with E-state index in [4.69, 9.17) is 0 Å². The summed E-state index contributed by atoms with van der Waals surface area (Å²) in [6.45, 7) is 5.76. The maximum atomic E-state index is 11.7. The van der Waals surface area contributed by atoms with E-state index in [0.717, 1.165) is 22.8 Å². The van der Waals surface area contributed by atoms with Crippen molar-refractivity contribution in [3.05, 3.63) is 66.0 Å². The predicted octanol–water partition coefficient (Wildman–Crippen LogP) is 3.91. The zero-order valence-electron chi connectivity index (χ0n) is 13.5. The molecule has 1 aromatic heterocycles. The third-order valence-electron chi connectivity index (χ3n) is 2.94. The summed E-state index contributed by atoms with van der Waals surface area (Å²) < 4.78 is 0. The molecule has 0 fully saturated rings. The molecule has 0 aliphatic rings. The molecule has 0 radical (unpaired) electrons. The van der Waals surface area contributed by atoms with Crippen LogP contribution >= 0.6 is 0 Å². The van der Waals surface area contributed by atoms with Crippen LogP contribution in [-0.2, 0) is 4.79 Å². The smallest absolute Gasteiger partial charge is 0.248 e. The van der Waals surface area contributed by atoms with Crippen LogP contribution in [0.3, 0.4) is 0 Å². The van der Waals surface area contributed by atoms with Crippen molar-refractivity contribution in [2.24, 2.45) is 0 Å². The summed E-state index contributed by atoms with van der Waals surface area (Å²) in [6, 6.07) is 9.31. The van der Waals surface area contributed by atoms with Crippen LogP contribution in [0.2, 0.25) is 0 Å². The highest BCUT2D eigenvalue weighted by atomic mass is 16.1. The van der Waals surface area contributed by atoms with Gasteiger partial charge in [0.2, 0.25) is 11.9 Å². The Morgan fingerprint density at radius 3 is 2.22 bits per heavy atom. The number of aromatic nitrogens is 2. The lowest BCUT2D eigenvalue weighted by atomic mass is 10.2. The molecule has 2 aromatic rings. The fourth-order valence-corrected chi connectivity index (χ4v) is 1.99. The number of nitrogens with zero attached hydrogens (tertiary/aromatic N) is 2. The number of hydrogen-bond acceptors (Lipinski definition) is 4. The molecule has 23 heavy (non-hydrogen) atoms. The van der Waals surface area contributed by atoms with Gasteiger partial charge in [0.1, 0.15) is 0 Å². The van der Waals surface area contributed by atoms with Crippen LogP contribution in [0.1, 0.15) is 18.3 Å². The quantitative estimate of drug-likeness (QED) is 0.649. The van der Waals surface area contributed by atoms with Gasteiger partial charge in [-0.05, 0) is 51.1 Å². The summed E-state index contributed by atoms with van der Waals surface area (Å²) >= 11 is 0. The predicted molar refractivity (Wildman–Crippen MR) is 93.8 cm³/mol. The third kappa shape index (κ3) is 5.39. The van der Waals surface area contributed by atoms with Gasteiger partial charge in [-0.25, -0.2) is 9.97 Å². The lowest BCUT2D eigenvalue weighted by Gasteiger charge is -2.08. The van der Waals surface area contributed by atoms with Gasteiger partial charge in [-0.2, -0.15) is 0 Å². The van der Waals surface area contributed by atoms with Crippen molar-refractivity contribution in [3.8, 4) is 0 Å². The molecule has 1 heterocycles. The van der Waals surface area contributed by atoms with Crippen LogP contribution in [-0.4, -0.2) is 15.9 Å². The van der Waals surface area contributed by atoms with Crippen LogP contribution in [0.4, 0.5) is 17.3 Å². The number of benzene rings is 1. The van der Waals surface area contributed by atoms with E-state index in [1.807, 2.05) is 57.2 Å². The Balaban J connectivity index is 2.00. The minimum absolute atomic E-state index is 0.165. The Morgan fingerprint density at radius 1 is 1.00 bits per heavy atom. The summed E-state index contributed by atoms with van der Waals surface area (Å²) in [6.07, 6.45) is 6.84. The Hall–Kier alpha value is -2.95. The SMILES string of the molecule is C/C=C/C=C/C(=O)Nc1ccc(Nc2nc(C)cc(C)n2)cc1. The van der Waals surface area contributed by atoms with E-state index in [1.54, 1.807) is 12.2 Å². The molecule has 5 heteroatoms. The number of hydrogen-bond donors (Lipinski definition) is 2. The molecule has 0 bridgehead atoms. The molecule has 0 saturated heterocycles. The number of anilines is 3. The first-order valence-corrected chi connectivity index (χ1v) is 7.36. The molecule has 0 spiro atoms. The molecule has 0 aliphatic carbocycles.